The fourth-order valence-electron chi connectivity index (χ4n) is 1.22. The third-order valence-electron chi connectivity index (χ3n) is 2.05. The molecule has 0 amide bonds. The zero-order valence-electron chi connectivity index (χ0n) is 8.82. The van der Waals surface area contributed by atoms with Crippen molar-refractivity contribution >= 4 is 0 Å². The molecule has 0 spiro atoms. The molecule has 1 N–H and O–H groups in total. The average Bonchev–Trinajstić information content (AvgIpc) is 2.14. The number of hydrogen-bond donors (Lipinski definition) is 1. The van der Waals surface area contributed by atoms with E-state index in [0.29, 0.717) is 25.9 Å². The molecule has 0 aromatic heterocycles. The Morgan fingerprint density at radius 3 is 1.40 bits per heavy atom. The summed E-state index contributed by atoms with van der Waals surface area (Å²) < 4.78 is 46.8. The molecule has 0 aliphatic heterocycles. The van der Waals surface area contributed by atoms with E-state index in [0.717, 1.165) is 12.8 Å². The van der Waals surface area contributed by atoms with Crippen LogP contribution >= 0.6 is 0 Å². The Balaban J connectivity index is 2.93. The van der Waals surface area contributed by atoms with Gasteiger partial charge in [-0.05, 0) is 38.8 Å². The first-order valence-corrected chi connectivity index (χ1v) is 5.40. The first-order chi connectivity index (χ1) is 7.13. The van der Waals surface area contributed by atoms with E-state index in [1.54, 1.807) is 0 Å². The van der Waals surface area contributed by atoms with Crippen LogP contribution in [0.1, 0.15) is 38.5 Å². The van der Waals surface area contributed by atoms with Crippen LogP contribution in [-0.2, 0) is 0 Å². The lowest BCUT2D eigenvalue weighted by Crippen LogP contribution is -2.17. The topological polar surface area (TPSA) is 12.0 Å². The average molecular weight is 229 g/mol. The summed E-state index contributed by atoms with van der Waals surface area (Å²) >= 11 is 0. The first-order valence-electron chi connectivity index (χ1n) is 5.40. The van der Waals surface area contributed by atoms with E-state index in [2.05, 4.69) is 5.32 Å². The van der Waals surface area contributed by atoms with Gasteiger partial charge in [-0.3, -0.25) is 0 Å². The van der Waals surface area contributed by atoms with Crippen molar-refractivity contribution in [3.8, 4) is 0 Å². The molecule has 0 atom stereocenters. The molecule has 0 heterocycles. The molecule has 0 rings (SSSR count). The fraction of sp³-hybridized carbons (Fsp3) is 1.00. The maximum Gasteiger partial charge on any atom is 0.238 e. The van der Waals surface area contributed by atoms with E-state index in [1.807, 2.05) is 0 Å². The lowest BCUT2D eigenvalue weighted by Gasteiger charge is -2.04. The Morgan fingerprint density at radius 1 is 0.667 bits per heavy atom. The zero-order chi connectivity index (χ0) is 11.5. The molecule has 0 bridgehead atoms. The number of halogens is 4. The minimum atomic E-state index is -2.21. The van der Waals surface area contributed by atoms with Crippen LogP contribution in [0.3, 0.4) is 0 Å². The highest BCUT2D eigenvalue weighted by molar-refractivity contribution is 4.51. The number of unbranched alkanes of at least 4 members (excludes halogenated alkanes) is 2. The highest BCUT2D eigenvalue weighted by Crippen LogP contribution is 2.05. The van der Waals surface area contributed by atoms with Gasteiger partial charge in [0, 0.05) is 12.8 Å². The number of alkyl halides is 4. The van der Waals surface area contributed by atoms with Crippen LogP contribution in [0.15, 0.2) is 0 Å². The fourth-order valence-corrected chi connectivity index (χ4v) is 1.22. The van der Waals surface area contributed by atoms with Crippen molar-refractivity contribution in [2.24, 2.45) is 0 Å². The predicted octanol–water partition coefficient (Wildman–Crippen LogP) is 3.45. The molecular formula is C10H19F4N. The van der Waals surface area contributed by atoms with Gasteiger partial charge >= 0.3 is 0 Å². The highest BCUT2D eigenvalue weighted by atomic mass is 19.3. The standard InChI is InChI=1S/C10H19F4N/c11-9(12)5-1-3-7-15-8-4-2-6-10(13)14/h9-10,15H,1-8H2. The Kier molecular flexibility index (Phi) is 9.99. The van der Waals surface area contributed by atoms with Gasteiger partial charge in [-0.2, -0.15) is 0 Å². The summed E-state index contributed by atoms with van der Waals surface area (Å²) in [5.74, 6) is 0. The van der Waals surface area contributed by atoms with Crippen LogP contribution in [0.25, 0.3) is 0 Å². The van der Waals surface area contributed by atoms with Crippen molar-refractivity contribution < 1.29 is 17.6 Å². The molecule has 15 heavy (non-hydrogen) atoms. The summed E-state index contributed by atoms with van der Waals surface area (Å²) in [6.07, 6.45) is -2.05. The third-order valence-corrected chi connectivity index (χ3v) is 2.05. The van der Waals surface area contributed by atoms with Gasteiger partial charge in [-0.25, -0.2) is 17.6 Å². The summed E-state index contributed by atoms with van der Waals surface area (Å²) in [7, 11) is 0. The molecule has 0 saturated carbocycles. The molecule has 92 valence electrons. The second-order valence-electron chi connectivity index (χ2n) is 3.52. The van der Waals surface area contributed by atoms with Crippen LogP contribution in [0.4, 0.5) is 17.6 Å². The molecule has 0 aliphatic rings. The van der Waals surface area contributed by atoms with E-state index in [-0.39, 0.29) is 12.8 Å². The van der Waals surface area contributed by atoms with Gasteiger partial charge in [-0.1, -0.05) is 0 Å². The van der Waals surface area contributed by atoms with E-state index >= 15 is 0 Å². The lowest BCUT2D eigenvalue weighted by atomic mass is 10.2. The first kappa shape index (κ1) is 14.7. The quantitative estimate of drug-likeness (QED) is 0.447. The highest BCUT2D eigenvalue weighted by Gasteiger charge is 2.01. The largest absolute Gasteiger partial charge is 0.317 e. The predicted molar refractivity (Wildman–Crippen MR) is 52.6 cm³/mol. The third kappa shape index (κ3) is 13.7. The lowest BCUT2D eigenvalue weighted by molar-refractivity contribution is 0.134. The van der Waals surface area contributed by atoms with E-state index in [9.17, 15) is 17.6 Å². The number of rotatable bonds is 10. The maximum atomic E-state index is 11.7. The Morgan fingerprint density at radius 2 is 1.07 bits per heavy atom. The molecule has 5 heteroatoms. The van der Waals surface area contributed by atoms with Crippen molar-refractivity contribution in [3.05, 3.63) is 0 Å². The van der Waals surface area contributed by atoms with Crippen LogP contribution in [0, 0.1) is 0 Å². The summed E-state index contributed by atoms with van der Waals surface area (Å²) in [4.78, 5) is 0. The van der Waals surface area contributed by atoms with Crippen molar-refractivity contribution in [1.82, 2.24) is 5.32 Å². The molecule has 0 aromatic carbocycles. The Hall–Kier alpha value is -0.320. The van der Waals surface area contributed by atoms with Crippen LogP contribution < -0.4 is 5.32 Å². The Bertz CT molecular complexity index is 117. The molecule has 0 unspecified atom stereocenters. The molecule has 0 aromatic rings. The summed E-state index contributed by atoms with van der Waals surface area (Å²) in [6.45, 7) is 1.39. The summed E-state index contributed by atoms with van der Waals surface area (Å²) in [5, 5.41) is 3.04. The van der Waals surface area contributed by atoms with E-state index in [4.69, 9.17) is 0 Å². The number of nitrogens with one attached hydrogen (secondary N) is 1. The van der Waals surface area contributed by atoms with Gasteiger partial charge in [0.1, 0.15) is 0 Å². The van der Waals surface area contributed by atoms with Gasteiger partial charge in [0.05, 0.1) is 0 Å². The minimum Gasteiger partial charge on any atom is -0.317 e. The number of hydrogen-bond acceptors (Lipinski definition) is 1. The van der Waals surface area contributed by atoms with E-state index in [1.165, 1.54) is 0 Å². The molecular weight excluding hydrogens is 210 g/mol. The van der Waals surface area contributed by atoms with Crippen molar-refractivity contribution in [1.29, 1.82) is 0 Å². The second kappa shape index (κ2) is 10.2. The SMILES string of the molecule is FC(F)CCCCNCCCCC(F)F. The van der Waals surface area contributed by atoms with Crippen LogP contribution in [0.5, 0.6) is 0 Å². The van der Waals surface area contributed by atoms with Crippen LogP contribution in [0.2, 0.25) is 0 Å². The summed E-state index contributed by atoms with van der Waals surface area (Å²) in [6, 6.07) is 0. The zero-order valence-corrected chi connectivity index (χ0v) is 8.82. The smallest absolute Gasteiger partial charge is 0.238 e. The molecule has 0 saturated heterocycles. The van der Waals surface area contributed by atoms with Gasteiger partial charge in [0.15, 0.2) is 0 Å². The second-order valence-corrected chi connectivity index (χ2v) is 3.52. The summed E-state index contributed by atoms with van der Waals surface area (Å²) in [5.41, 5.74) is 0. The van der Waals surface area contributed by atoms with Gasteiger partial charge in [-0.15, -0.1) is 0 Å². The normalized spacial score (nSPS) is 11.6. The van der Waals surface area contributed by atoms with Gasteiger partial charge < -0.3 is 5.32 Å². The van der Waals surface area contributed by atoms with Crippen molar-refractivity contribution in [2.45, 2.75) is 51.4 Å². The van der Waals surface area contributed by atoms with Gasteiger partial charge in [0.25, 0.3) is 0 Å². The van der Waals surface area contributed by atoms with Crippen LogP contribution in [-0.4, -0.2) is 25.9 Å². The monoisotopic (exact) mass is 229 g/mol. The maximum absolute atomic E-state index is 11.7. The molecule has 0 radical (unpaired) electrons. The van der Waals surface area contributed by atoms with E-state index < -0.39 is 12.9 Å². The molecule has 0 fully saturated rings. The minimum absolute atomic E-state index is 0.0485. The molecule has 0 aliphatic carbocycles. The van der Waals surface area contributed by atoms with Crippen molar-refractivity contribution in [2.75, 3.05) is 13.1 Å². The molecule has 1 nitrogen and oxygen atoms in total. The Labute approximate surface area is 88.2 Å². The van der Waals surface area contributed by atoms with Crippen molar-refractivity contribution in [3.63, 3.8) is 0 Å². The van der Waals surface area contributed by atoms with Gasteiger partial charge in [0.2, 0.25) is 12.9 Å².